The Morgan fingerprint density at radius 2 is 1.52 bits per heavy atom. The van der Waals surface area contributed by atoms with Crippen LogP contribution in [0, 0.1) is 5.41 Å². The summed E-state index contributed by atoms with van der Waals surface area (Å²) in [5.41, 5.74) is 0.521. The van der Waals surface area contributed by atoms with E-state index in [1.165, 1.54) is 14.0 Å². The van der Waals surface area contributed by atoms with E-state index in [2.05, 4.69) is 16.0 Å². The van der Waals surface area contributed by atoms with Gasteiger partial charge in [-0.05, 0) is 43.2 Å². The number of rotatable bonds is 6. The Morgan fingerprint density at radius 3 is 2.15 bits per heavy atom. The average Bonchev–Trinajstić information content (AvgIpc) is 3.44. The van der Waals surface area contributed by atoms with Crippen LogP contribution in [0.2, 0.25) is 0 Å². The molecule has 27 heavy (non-hydrogen) atoms. The second-order valence-electron chi connectivity index (χ2n) is 6.45. The predicted octanol–water partition coefficient (Wildman–Crippen LogP) is 3.01. The number of hydrogen-bond acceptors (Lipinski definition) is 4. The van der Waals surface area contributed by atoms with Gasteiger partial charge in [-0.3, -0.25) is 14.4 Å². The summed E-state index contributed by atoms with van der Waals surface area (Å²) in [4.78, 5) is 36.6. The van der Waals surface area contributed by atoms with Crippen molar-refractivity contribution in [3.63, 3.8) is 0 Å². The van der Waals surface area contributed by atoms with E-state index in [1.54, 1.807) is 48.5 Å². The third-order valence-electron chi connectivity index (χ3n) is 4.42. The minimum absolute atomic E-state index is 0.201. The molecule has 0 saturated heterocycles. The number of methoxy groups -OCH3 is 1. The number of benzene rings is 2. The lowest BCUT2D eigenvalue weighted by Gasteiger charge is -2.17. The van der Waals surface area contributed by atoms with Gasteiger partial charge < -0.3 is 20.7 Å². The molecule has 1 saturated carbocycles. The highest BCUT2D eigenvalue weighted by Crippen LogP contribution is 2.48. The van der Waals surface area contributed by atoms with E-state index in [0.717, 1.165) is 0 Å². The molecular formula is C20H21N3O4. The van der Waals surface area contributed by atoms with Gasteiger partial charge in [0.2, 0.25) is 17.7 Å². The monoisotopic (exact) mass is 367 g/mol. The van der Waals surface area contributed by atoms with Gasteiger partial charge in [-0.25, -0.2) is 0 Å². The van der Waals surface area contributed by atoms with Crippen molar-refractivity contribution in [3.8, 4) is 5.75 Å². The molecule has 3 rings (SSSR count). The molecule has 140 valence electrons. The van der Waals surface area contributed by atoms with E-state index >= 15 is 0 Å². The van der Waals surface area contributed by atoms with Gasteiger partial charge in [0.1, 0.15) is 11.2 Å². The maximum absolute atomic E-state index is 12.7. The molecule has 7 nitrogen and oxygen atoms in total. The van der Waals surface area contributed by atoms with Crippen molar-refractivity contribution >= 4 is 34.8 Å². The number of nitrogens with one attached hydrogen (secondary N) is 3. The quantitative estimate of drug-likeness (QED) is 0.684. The van der Waals surface area contributed by atoms with Gasteiger partial charge in [0.05, 0.1) is 12.8 Å². The predicted molar refractivity (Wildman–Crippen MR) is 103 cm³/mol. The molecule has 1 aliphatic carbocycles. The highest BCUT2D eigenvalue weighted by Gasteiger charge is 2.56. The molecule has 1 aliphatic rings. The Morgan fingerprint density at radius 1 is 0.889 bits per heavy atom. The SMILES string of the molecule is COc1ccccc1NC(=O)C1(C(=O)Nc2cccc(NC(C)=O)c2)CC1. The summed E-state index contributed by atoms with van der Waals surface area (Å²) in [6.45, 7) is 1.41. The van der Waals surface area contributed by atoms with Crippen LogP contribution in [0.1, 0.15) is 19.8 Å². The van der Waals surface area contributed by atoms with Crippen molar-refractivity contribution in [1.29, 1.82) is 0 Å². The van der Waals surface area contributed by atoms with Crippen molar-refractivity contribution in [3.05, 3.63) is 48.5 Å². The van der Waals surface area contributed by atoms with Crippen molar-refractivity contribution < 1.29 is 19.1 Å². The molecule has 0 aliphatic heterocycles. The zero-order chi connectivity index (χ0) is 19.4. The Balaban J connectivity index is 1.71. The van der Waals surface area contributed by atoms with Crippen molar-refractivity contribution in [1.82, 2.24) is 0 Å². The Kier molecular flexibility index (Phi) is 5.12. The fourth-order valence-electron chi connectivity index (χ4n) is 2.80. The summed E-state index contributed by atoms with van der Waals surface area (Å²) in [6, 6.07) is 13.8. The zero-order valence-electron chi connectivity index (χ0n) is 15.2. The summed E-state index contributed by atoms with van der Waals surface area (Å²) < 4.78 is 5.23. The fraction of sp³-hybridized carbons (Fsp3) is 0.250. The largest absolute Gasteiger partial charge is 0.495 e. The highest BCUT2D eigenvalue weighted by atomic mass is 16.5. The van der Waals surface area contributed by atoms with Gasteiger partial charge in [0.15, 0.2) is 0 Å². The molecule has 2 aromatic carbocycles. The molecule has 3 N–H and O–H groups in total. The van der Waals surface area contributed by atoms with Crippen LogP contribution in [-0.2, 0) is 14.4 Å². The molecule has 2 aromatic rings. The third-order valence-corrected chi connectivity index (χ3v) is 4.42. The maximum Gasteiger partial charge on any atom is 0.240 e. The minimum atomic E-state index is -1.09. The van der Waals surface area contributed by atoms with E-state index in [1.807, 2.05) is 0 Å². The number of amides is 3. The van der Waals surface area contributed by atoms with Gasteiger partial charge in [0.25, 0.3) is 0 Å². The zero-order valence-corrected chi connectivity index (χ0v) is 15.2. The number of carbonyl (C=O) groups excluding carboxylic acids is 3. The molecule has 0 radical (unpaired) electrons. The first-order valence-corrected chi connectivity index (χ1v) is 8.58. The van der Waals surface area contributed by atoms with Crippen molar-refractivity contribution in [2.45, 2.75) is 19.8 Å². The molecule has 0 unspecified atom stereocenters. The minimum Gasteiger partial charge on any atom is -0.495 e. The lowest BCUT2D eigenvalue weighted by Crippen LogP contribution is -2.35. The Labute approximate surface area is 157 Å². The van der Waals surface area contributed by atoms with Crippen LogP contribution < -0.4 is 20.7 Å². The summed E-state index contributed by atoms with van der Waals surface area (Å²) >= 11 is 0. The molecule has 0 heterocycles. The molecule has 7 heteroatoms. The standard InChI is InChI=1S/C20H21N3O4/c1-13(24)21-14-6-5-7-15(12-14)22-18(25)20(10-11-20)19(26)23-16-8-3-4-9-17(16)27-2/h3-9,12H,10-11H2,1-2H3,(H,21,24)(H,22,25)(H,23,26). The van der Waals surface area contributed by atoms with Crippen molar-refractivity contribution in [2.75, 3.05) is 23.1 Å². The first-order valence-electron chi connectivity index (χ1n) is 8.58. The fourth-order valence-corrected chi connectivity index (χ4v) is 2.80. The van der Waals surface area contributed by atoms with E-state index in [4.69, 9.17) is 4.74 Å². The molecule has 0 spiro atoms. The molecule has 3 amide bonds. The van der Waals surface area contributed by atoms with Gasteiger partial charge in [-0.2, -0.15) is 0 Å². The third kappa shape index (κ3) is 4.08. The van der Waals surface area contributed by atoms with E-state index in [9.17, 15) is 14.4 Å². The summed E-state index contributed by atoms with van der Waals surface area (Å²) in [7, 11) is 1.52. The average molecular weight is 367 g/mol. The van der Waals surface area contributed by atoms with E-state index in [-0.39, 0.29) is 17.7 Å². The Bertz CT molecular complexity index is 890. The number of anilines is 3. The van der Waals surface area contributed by atoms with Crippen LogP contribution in [0.25, 0.3) is 0 Å². The van der Waals surface area contributed by atoms with Crippen LogP contribution >= 0.6 is 0 Å². The van der Waals surface area contributed by atoms with E-state index in [0.29, 0.717) is 35.7 Å². The summed E-state index contributed by atoms with van der Waals surface area (Å²) in [6.07, 6.45) is 0.955. The van der Waals surface area contributed by atoms with Gasteiger partial charge in [0, 0.05) is 18.3 Å². The van der Waals surface area contributed by atoms with Gasteiger partial charge in [-0.1, -0.05) is 18.2 Å². The highest BCUT2D eigenvalue weighted by molar-refractivity contribution is 6.17. The second-order valence-corrected chi connectivity index (χ2v) is 6.45. The summed E-state index contributed by atoms with van der Waals surface area (Å²) in [5, 5.41) is 8.22. The lowest BCUT2D eigenvalue weighted by atomic mass is 10.0. The Hall–Kier alpha value is -3.35. The number of ether oxygens (including phenoxy) is 1. The van der Waals surface area contributed by atoms with Crippen LogP contribution in [0.4, 0.5) is 17.1 Å². The smallest absolute Gasteiger partial charge is 0.240 e. The number of hydrogen-bond donors (Lipinski definition) is 3. The van der Waals surface area contributed by atoms with Crippen LogP contribution in [0.3, 0.4) is 0 Å². The second kappa shape index (κ2) is 7.49. The van der Waals surface area contributed by atoms with Crippen molar-refractivity contribution in [2.24, 2.45) is 5.41 Å². The van der Waals surface area contributed by atoms with Crippen LogP contribution in [0.15, 0.2) is 48.5 Å². The first-order chi connectivity index (χ1) is 12.9. The molecule has 0 bridgehead atoms. The molecule has 1 fully saturated rings. The normalized spacial score (nSPS) is 14.0. The van der Waals surface area contributed by atoms with Gasteiger partial charge in [-0.15, -0.1) is 0 Å². The number of para-hydroxylation sites is 2. The van der Waals surface area contributed by atoms with E-state index < -0.39 is 5.41 Å². The summed E-state index contributed by atoms with van der Waals surface area (Å²) in [5.74, 6) is -0.393. The molecular weight excluding hydrogens is 346 g/mol. The maximum atomic E-state index is 12.7. The first kappa shape index (κ1) is 18.4. The van der Waals surface area contributed by atoms with Gasteiger partial charge >= 0.3 is 0 Å². The lowest BCUT2D eigenvalue weighted by molar-refractivity contribution is -0.131. The number of carbonyl (C=O) groups is 3. The molecule has 0 aromatic heterocycles. The topological polar surface area (TPSA) is 96.5 Å². The van der Waals surface area contributed by atoms with Crippen LogP contribution in [-0.4, -0.2) is 24.8 Å². The van der Waals surface area contributed by atoms with Crippen LogP contribution in [0.5, 0.6) is 5.75 Å². The molecule has 0 atom stereocenters.